The molecule has 1 aromatic heterocycles. The zero-order valence-corrected chi connectivity index (χ0v) is 17.0. The molecule has 0 radical (unpaired) electrons. The summed E-state index contributed by atoms with van der Waals surface area (Å²) >= 11 is 0. The number of anilines is 1. The molecule has 0 saturated carbocycles. The van der Waals surface area contributed by atoms with Gasteiger partial charge in [-0.1, -0.05) is 6.07 Å². The van der Waals surface area contributed by atoms with E-state index in [9.17, 15) is 22.4 Å². The predicted octanol–water partition coefficient (Wildman–Crippen LogP) is 3.59. The zero-order chi connectivity index (χ0) is 23.7. The van der Waals surface area contributed by atoms with Crippen LogP contribution in [0, 0.1) is 5.82 Å². The van der Waals surface area contributed by atoms with Crippen LogP contribution in [-0.4, -0.2) is 47.5 Å². The van der Waals surface area contributed by atoms with Gasteiger partial charge in [-0.2, -0.15) is 13.2 Å². The van der Waals surface area contributed by atoms with E-state index in [1.54, 1.807) is 0 Å². The Hall–Kier alpha value is -3.28. The second-order valence-corrected chi connectivity index (χ2v) is 7.45. The summed E-state index contributed by atoms with van der Waals surface area (Å²) in [6.07, 6.45) is -3.46. The lowest BCUT2D eigenvalue weighted by Crippen LogP contribution is -2.59. The molecule has 1 aliphatic heterocycles. The minimum absolute atomic E-state index is 0.239. The van der Waals surface area contributed by atoms with Crippen LogP contribution in [-0.2, 0) is 4.74 Å². The number of hydrogen-bond acceptors (Lipinski definition) is 6. The minimum Gasteiger partial charge on any atom is -0.482 e. The molecule has 1 aromatic carbocycles. The molecule has 2 atom stereocenters. The Balaban J connectivity index is 1.86. The third kappa shape index (κ3) is 4.96. The van der Waals surface area contributed by atoms with Gasteiger partial charge in [-0.15, -0.1) is 0 Å². The van der Waals surface area contributed by atoms with Gasteiger partial charge >= 0.3 is 6.18 Å². The van der Waals surface area contributed by atoms with Gasteiger partial charge in [0.05, 0.1) is 11.3 Å². The van der Waals surface area contributed by atoms with E-state index in [-0.39, 0.29) is 23.8 Å². The Labute approximate surface area is 179 Å². The van der Waals surface area contributed by atoms with Gasteiger partial charge in [0.1, 0.15) is 12.1 Å². The molecule has 0 aliphatic carbocycles. The van der Waals surface area contributed by atoms with Crippen molar-refractivity contribution in [2.45, 2.75) is 31.4 Å². The van der Waals surface area contributed by atoms with Gasteiger partial charge in [0.15, 0.2) is 23.9 Å². The molecule has 32 heavy (non-hydrogen) atoms. The van der Waals surface area contributed by atoms with Gasteiger partial charge in [-0.3, -0.25) is 4.79 Å². The summed E-state index contributed by atoms with van der Waals surface area (Å²) in [5.41, 5.74) is 3.30. The van der Waals surface area contributed by atoms with E-state index in [1.165, 1.54) is 37.4 Å². The van der Waals surface area contributed by atoms with E-state index in [2.05, 4.69) is 20.0 Å². The Kier molecular flexibility index (Phi) is 6.09. The van der Waals surface area contributed by atoms with E-state index < -0.39 is 47.3 Å². The number of halogens is 5. The molecule has 3 N–H and O–H groups in total. The van der Waals surface area contributed by atoms with Crippen LogP contribution in [0.1, 0.15) is 29.9 Å². The molecule has 0 saturated heterocycles. The highest BCUT2D eigenvalue weighted by atomic mass is 19.4. The average molecular weight is 458 g/mol. The number of nitrogens with one attached hydrogen (secondary N) is 1. The number of aliphatic imine (C=N–C) groups is 1. The number of aromatic nitrogens is 1. The Bertz CT molecular complexity index is 1050. The number of nitrogens with zero attached hydrogens (tertiary/aromatic N) is 2. The molecule has 3 rings (SSSR count). The van der Waals surface area contributed by atoms with Crippen molar-refractivity contribution >= 4 is 17.5 Å². The van der Waals surface area contributed by atoms with Crippen LogP contribution in [0.5, 0.6) is 5.75 Å². The standard InChI is InChI=1S/C20H19F5N4O3/c1-18(26)9-32-17(29-19(18,2)22)11-5-3-6-12(14(11)21)28-16(30)15-13(7-4-8-27-15)31-10-20(23,24)25/h3-8H,9-10,26H2,1-2H3,(H,28,30)/t18-,19+/m1/s1. The monoisotopic (exact) mass is 458 g/mol. The highest BCUT2D eigenvalue weighted by Gasteiger charge is 2.47. The van der Waals surface area contributed by atoms with Crippen molar-refractivity contribution in [1.29, 1.82) is 0 Å². The van der Waals surface area contributed by atoms with Crippen LogP contribution >= 0.6 is 0 Å². The Morgan fingerprint density at radius 2 is 2.00 bits per heavy atom. The number of alkyl halides is 4. The summed E-state index contributed by atoms with van der Waals surface area (Å²) in [7, 11) is 0. The van der Waals surface area contributed by atoms with Gasteiger partial charge < -0.3 is 20.5 Å². The maximum absolute atomic E-state index is 15.1. The first-order valence-electron chi connectivity index (χ1n) is 9.26. The fourth-order valence-corrected chi connectivity index (χ4v) is 2.65. The molecule has 0 bridgehead atoms. The van der Waals surface area contributed by atoms with Gasteiger partial charge in [-0.25, -0.2) is 18.8 Å². The number of carbonyl (C=O) groups excluding carboxylic acids is 1. The summed E-state index contributed by atoms with van der Waals surface area (Å²) in [5.74, 6) is -5.04. The molecule has 7 nitrogen and oxygen atoms in total. The second-order valence-electron chi connectivity index (χ2n) is 7.45. The van der Waals surface area contributed by atoms with E-state index in [1.807, 2.05) is 0 Å². The molecule has 0 fully saturated rings. The average Bonchev–Trinajstić information content (AvgIpc) is 2.70. The van der Waals surface area contributed by atoms with Crippen LogP contribution < -0.4 is 15.8 Å². The summed E-state index contributed by atoms with van der Waals surface area (Å²) in [6, 6.07) is 6.21. The molecular formula is C20H19F5N4O3. The lowest BCUT2D eigenvalue weighted by molar-refractivity contribution is -0.153. The molecule has 172 valence electrons. The fourth-order valence-electron chi connectivity index (χ4n) is 2.65. The number of carbonyl (C=O) groups is 1. The minimum atomic E-state index is -4.63. The summed E-state index contributed by atoms with van der Waals surface area (Å²) in [6.45, 7) is 0.610. The van der Waals surface area contributed by atoms with Crippen molar-refractivity contribution in [2.24, 2.45) is 10.7 Å². The maximum atomic E-state index is 15.1. The van der Waals surface area contributed by atoms with Gasteiger partial charge in [0.2, 0.25) is 11.7 Å². The van der Waals surface area contributed by atoms with E-state index in [4.69, 9.17) is 10.5 Å². The number of pyridine rings is 1. The maximum Gasteiger partial charge on any atom is 0.422 e. The molecule has 0 spiro atoms. The SMILES string of the molecule is C[C@]1(F)N=C(c2cccc(NC(=O)c3ncccc3OCC(F)(F)F)c2F)OC[C@@]1(C)N. The summed E-state index contributed by atoms with van der Waals surface area (Å²) in [4.78, 5) is 20.0. The molecule has 12 heteroatoms. The zero-order valence-electron chi connectivity index (χ0n) is 17.0. The van der Waals surface area contributed by atoms with Crippen molar-refractivity contribution in [2.75, 3.05) is 18.5 Å². The van der Waals surface area contributed by atoms with E-state index in [0.29, 0.717) is 0 Å². The number of benzene rings is 1. The number of ether oxygens (including phenoxy) is 2. The van der Waals surface area contributed by atoms with Gasteiger partial charge in [0.25, 0.3) is 5.91 Å². The van der Waals surface area contributed by atoms with E-state index in [0.717, 1.165) is 13.0 Å². The largest absolute Gasteiger partial charge is 0.482 e. The number of hydrogen-bond donors (Lipinski definition) is 2. The highest BCUT2D eigenvalue weighted by Crippen LogP contribution is 2.32. The fraction of sp³-hybridized carbons (Fsp3) is 0.350. The van der Waals surface area contributed by atoms with Crippen LogP contribution in [0.2, 0.25) is 0 Å². The molecular weight excluding hydrogens is 439 g/mol. The molecule has 2 heterocycles. The summed E-state index contributed by atoms with van der Waals surface area (Å²) in [5, 5.41) is 2.21. The lowest BCUT2D eigenvalue weighted by Gasteiger charge is -2.38. The van der Waals surface area contributed by atoms with Crippen LogP contribution in [0.4, 0.5) is 27.6 Å². The summed E-state index contributed by atoms with van der Waals surface area (Å²) < 4.78 is 77.1. The second kappa shape index (κ2) is 8.34. The van der Waals surface area contributed by atoms with Crippen LogP contribution in [0.15, 0.2) is 41.5 Å². The first kappa shape index (κ1) is 23.4. The Morgan fingerprint density at radius 1 is 1.28 bits per heavy atom. The third-order valence-corrected chi connectivity index (χ3v) is 4.72. The van der Waals surface area contributed by atoms with Crippen LogP contribution in [0.3, 0.4) is 0 Å². The topological polar surface area (TPSA) is 98.8 Å². The van der Waals surface area contributed by atoms with Gasteiger partial charge in [0, 0.05) is 6.20 Å². The van der Waals surface area contributed by atoms with Crippen molar-refractivity contribution in [1.82, 2.24) is 4.98 Å². The number of nitrogens with two attached hydrogens (primary N) is 1. The first-order chi connectivity index (χ1) is 14.8. The molecule has 1 amide bonds. The van der Waals surface area contributed by atoms with Gasteiger partial charge in [-0.05, 0) is 38.1 Å². The smallest absolute Gasteiger partial charge is 0.422 e. The highest BCUT2D eigenvalue weighted by molar-refractivity contribution is 6.05. The normalized spacial score (nSPS) is 23.2. The number of amides is 1. The lowest BCUT2D eigenvalue weighted by atomic mass is 9.92. The Morgan fingerprint density at radius 3 is 2.66 bits per heavy atom. The van der Waals surface area contributed by atoms with Crippen molar-refractivity contribution < 1.29 is 36.2 Å². The molecule has 2 aromatic rings. The van der Waals surface area contributed by atoms with Crippen LogP contribution in [0.25, 0.3) is 0 Å². The predicted molar refractivity (Wildman–Crippen MR) is 105 cm³/mol. The molecule has 1 aliphatic rings. The van der Waals surface area contributed by atoms with Crippen molar-refractivity contribution in [3.8, 4) is 5.75 Å². The quantitative estimate of drug-likeness (QED) is 0.527. The van der Waals surface area contributed by atoms with Crippen molar-refractivity contribution in [3.05, 3.63) is 53.6 Å². The first-order valence-corrected chi connectivity index (χ1v) is 9.26. The number of rotatable bonds is 5. The molecule has 0 unspecified atom stereocenters. The third-order valence-electron chi connectivity index (χ3n) is 4.72. The van der Waals surface area contributed by atoms with E-state index >= 15 is 4.39 Å². The van der Waals surface area contributed by atoms with Crippen molar-refractivity contribution in [3.63, 3.8) is 0 Å².